The maximum atomic E-state index is 6.89. The monoisotopic (exact) mass is 448 g/mol. The van der Waals surface area contributed by atoms with Gasteiger partial charge in [-0.15, -0.1) is 52.6 Å². The van der Waals surface area contributed by atoms with Crippen LogP contribution in [0, 0.1) is 0 Å². The average Bonchev–Trinajstić information content (AvgIpc) is 2.66. The van der Waals surface area contributed by atoms with E-state index in [4.69, 9.17) is 16.5 Å². The van der Waals surface area contributed by atoms with E-state index in [1.807, 2.05) is 24.3 Å². The molecule has 0 bridgehead atoms. The maximum Gasteiger partial charge on any atom is 0.373 e. The van der Waals surface area contributed by atoms with Gasteiger partial charge in [0.15, 0.2) is 0 Å². The maximum absolute atomic E-state index is 6.89. The fourth-order valence-corrected chi connectivity index (χ4v) is 22.4. The van der Waals surface area contributed by atoms with Crippen molar-refractivity contribution in [2.45, 2.75) is 24.2 Å². The van der Waals surface area contributed by atoms with Crippen molar-refractivity contribution in [1.29, 1.82) is 0 Å². The SMILES string of the molecule is C=CC[Si]1(CC=C)O[Si](C=C)(C=C)O[Si](C=C)(C=C)O[Si](CC=C)(CC=C)O1. The van der Waals surface area contributed by atoms with Crippen LogP contribution in [-0.2, 0) is 16.5 Å². The Morgan fingerprint density at radius 2 is 0.714 bits per heavy atom. The van der Waals surface area contributed by atoms with E-state index >= 15 is 0 Å². The van der Waals surface area contributed by atoms with Crippen molar-refractivity contribution in [1.82, 2.24) is 0 Å². The third-order valence-corrected chi connectivity index (χ3v) is 21.3. The van der Waals surface area contributed by atoms with Gasteiger partial charge < -0.3 is 16.5 Å². The van der Waals surface area contributed by atoms with Crippen LogP contribution in [0.4, 0.5) is 0 Å². The summed E-state index contributed by atoms with van der Waals surface area (Å²) < 4.78 is 26.9. The molecule has 1 fully saturated rings. The molecule has 1 aliphatic heterocycles. The van der Waals surface area contributed by atoms with E-state index < -0.39 is 34.2 Å². The topological polar surface area (TPSA) is 36.9 Å². The van der Waals surface area contributed by atoms with E-state index in [1.54, 1.807) is 22.8 Å². The Morgan fingerprint density at radius 3 is 0.929 bits per heavy atom. The minimum Gasteiger partial charge on any atom is -0.415 e. The molecule has 0 N–H and O–H groups in total. The third-order valence-electron chi connectivity index (χ3n) is 4.34. The van der Waals surface area contributed by atoms with Crippen molar-refractivity contribution in [3.63, 3.8) is 0 Å². The van der Waals surface area contributed by atoms with Gasteiger partial charge in [-0.2, -0.15) is 0 Å². The van der Waals surface area contributed by atoms with Crippen molar-refractivity contribution in [3.05, 3.63) is 99.7 Å². The molecule has 0 atom stereocenters. The second-order valence-electron chi connectivity index (χ2n) is 6.46. The lowest BCUT2D eigenvalue weighted by atomic mass is 10.7. The first-order chi connectivity index (χ1) is 13.3. The largest absolute Gasteiger partial charge is 0.415 e. The molecule has 0 amide bonds. The Labute approximate surface area is 174 Å². The zero-order valence-corrected chi connectivity index (χ0v) is 20.7. The quantitative estimate of drug-likeness (QED) is 0.293. The number of rotatable bonds is 12. The lowest BCUT2D eigenvalue weighted by Gasteiger charge is -2.50. The smallest absolute Gasteiger partial charge is 0.373 e. The van der Waals surface area contributed by atoms with Gasteiger partial charge in [-0.1, -0.05) is 24.3 Å². The van der Waals surface area contributed by atoms with Crippen LogP contribution in [0.5, 0.6) is 0 Å². The molecule has 152 valence electrons. The minimum absolute atomic E-state index is 0.557. The van der Waals surface area contributed by atoms with Crippen LogP contribution in [0.2, 0.25) is 24.2 Å². The van der Waals surface area contributed by atoms with Crippen molar-refractivity contribution in [3.8, 4) is 0 Å². The molecule has 1 aliphatic rings. The molecule has 0 aliphatic carbocycles. The van der Waals surface area contributed by atoms with Gasteiger partial charge >= 0.3 is 34.2 Å². The molecule has 0 aromatic heterocycles. The summed E-state index contributed by atoms with van der Waals surface area (Å²) in [4.78, 5) is 0. The molecule has 4 nitrogen and oxygen atoms in total. The van der Waals surface area contributed by atoms with E-state index in [9.17, 15) is 0 Å². The lowest BCUT2D eigenvalue weighted by Crippen LogP contribution is -2.68. The summed E-state index contributed by atoms with van der Waals surface area (Å²) in [6, 6.07) is 2.23. The highest BCUT2D eigenvalue weighted by Crippen LogP contribution is 2.39. The first-order valence-electron chi connectivity index (χ1n) is 9.10. The van der Waals surface area contributed by atoms with E-state index in [-0.39, 0.29) is 0 Å². The van der Waals surface area contributed by atoms with Gasteiger partial charge in [0, 0.05) is 24.2 Å². The Kier molecular flexibility index (Phi) is 9.18. The fraction of sp³-hybridized carbons (Fsp3) is 0.200. The van der Waals surface area contributed by atoms with Gasteiger partial charge in [0.05, 0.1) is 0 Å². The van der Waals surface area contributed by atoms with Gasteiger partial charge in [-0.3, -0.25) is 0 Å². The van der Waals surface area contributed by atoms with Gasteiger partial charge in [0.2, 0.25) is 0 Å². The van der Waals surface area contributed by atoms with E-state index in [1.165, 1.54) is 0 Å². The second kappa shape index (κ2) is 10.4. The Balaban J connectivity index is 3.76. The normalized spacial score (nSPS) is 21.7. The summed E-state index contributed by atoms with van der Waals surface area (Å²) in [5.74, 6) is 0. The summed E-state index contributed by atoms with van der Waals surface area (Å²) >= 11 is 0. The summed E-state index contributed by atoms with van der Waals surface area (Å²) in [5.41, 5.74) is 6.80. The third kappa shape index (κ3) is 5.36. The van der Waals surface area contributed by atoms with Crippen LogP contribution in [0.25, 0.3) is 0 Å². The van der Waals surface area contributed by atoms with Gasteiger partial charge in [0.25, 0.3) is 0 Å². The van der Waals surface area contributed by atoms with Crippen LogP contribution in [0.3, 0.4) is 0 Å². The zero-order valence-electron chi connectivity index (χ0n) is 16.7. The molecular weight excluding hydrogens is 417 g/mol. The van der Waals surface area contributed by atoms with Crippen LogP contribution in [0.15, 0.2) is 99.7 Å². The number of hydrogen-bond donors (Lipinski definition) is 0. The molecule has 1 rings (SSSR count). The summed E-state index contributed by atoms with van der Waals surface area (Å²) in [6.45, 7) is 31.5. The van der Waals surface area contributed by atoms with E-state index in [0.29, 0.717) is 24.2 Å². The molecular formula is C20H32O4Si4. The van der Waals surface area contributed by atoms with Crippen molar-refractivity contribution >= 4 is 34.2 Å². The van der Waals surface area contributed by atoms with Crippen molar-refractivity contribution in [2.24, 2.45) is 0 Å². The molecule has 0 radical (unpaired) electrons. The molecule has 1 heterocycles. The molecule has 8 heteroatoms. The first-order valence-corrected chi connectivity index (χ1v) is 17.5. The zero-order chi connectivity index (χ0) is 21.3. The van der Waals surface area contributed by atoms with Crippen LogP contribution >= 0.6 is 0 Å². The van der Waals surface area contributed by atoms with E-state index in [2.05, 4.69) is 52.6 Å². The summed E-state index contributed by atoms with van der Waals surface area (Å²) in [6.07, 6.45) is 7.26. The Bertz CT molecular complexity index is 569. The average molecular weight is 449 g/mol. The summed E-state index contributed by atoms with van der Waals surface area (Å²) in [5, 5.41) is 0. The number of allylic oxidation sites excluding steroid dienone is 4. The van der Waals surface area contributed by atoms with Gasteiger partial charge in [-0.25, -0.2) is 0 Å². The summed E-state index contributed by atoms with van der Waals surface area (Å²) in [7, 11) is -11.9. The Hall–Kier alpha value is -1.37. The minimum atomic E-state index is -3.08. The standard InChI is InChI=1S/C20H32O4Si4/c1-9-17-27(18-10-2)22-25(13-5,14-6)21-26(15-7,16-8)23-28(24-27,19-11-3)20-12-4/h9-16H,1-8,17-20H2. The van der Waals surface area contributed by atoms with Crippen molar-refractivity contribution in [2.75, 3.05) is 0 Å². The fourth-order valence-electron chi connectivity index (χ4n) is 3.13. The first kappa shape index (κ1) is 24.7. The van der Waals surface area contributed by atoms with Gasteiger partial charge in [-0.05, 0) is 22.8 Å². The molecule has 0 unspecified atom stereocenters. The molecule has 0 aromatic carbocycles. The van der Waals surface area contributed by atoms with E-state index in [0.717, 1.165) is 0 Å². The Morgan fingerprint density at radius 1 is 0.429 bits per heavy atom. The van der Waals surface area contributed by atoms with Crippen LogP contribution < -0.4 is 0 Å². The highest BCUT2D eigenvalue weighted by Gasteiger charge is 2.58. The molecule has 0 saturated carbocycles. The number of hydrogen-bond acceptors (Lipinski definition) is 4. The second-order valence-corrected chi connectivity index (χ2v) is 19.5. The van der Waals surface area contributed by atoms with Crippen LogP contribution in [-0.4, -0.2) is 34.2 Å². The predicted octanol–water partition coefficient (Wildman–Crippen LogP) is 5.48. The molecule has 28 heavy (non-hydrogen) atoms. The van der Waals surface area contributed by atoms with Crippen LogP contribution in [0.1, 0.15) is 0 Å². The van der Waals surface area contributed by atoms with Gasteiger partial charge in [0.1, 0.15) is 0 Å². The lowest BCUT2D eigenvalue weighted by molar-refractivity contribution is 0.240. The highest BCUT2D eigenvalue weighted by molar-refractivity contribution is 7.00. The molecule has 0 spiro atoms. The predicted molar refractivity (Wildman–Crippen MR) is 128 cm³/mol. The highest BCUT2D eigenvalue weighted by atomic mass is 28.5. The molecule has 0 aromatic rings. The van der Waals surface area contributed by atoms with Crippen molar-refractivity contribution < 1.29 is 16.5 Å². The molecule has 1 saturated heterocycles.